The molecule has 0 aromatic carbocycles. The summed E-state index contributed by atoms with van der Waals surface area (Å²) in [6, 6.07) is 2.60. The van der Waals surface area contributed by atoms with E-state index in [-0.39, 0.29) is 0 Å². The van der Waals surface area contributed by atoms with E-state index in [0.717, 1.165) is 24.7 Å². The smallest absolute Gasteiger partial charge is 0.0860 e. The molecule has 0 aliphatic carbocycles. The van der Waals surface area contributed by atoms with E-state index in [1.54, 1.807) is 0 Å². The fraction of sp³-hybridized carbons (Fsp3) is 0.667. The van der Waals surface area contributed by atoms with Crippen molar-refractivity contribution >= 4 is 23.1 Å². The summed E-state index contributed by atoms with van der Waals surface area (Å²) in [6.45, 7) is 6.23. The van der Waals surface area contributed by atoms with Crippen LogP contribution in [0.2, 0.25) is 0 Å². The van der Waals surface area contributed by atoms with E-state index < -0.39 is 0 Å². The SMILES string of the molecule is CCNC(c1ccsc1C)C1CSCCO1. The highest BCUT2D eigenvalue weighted by Crippen LogP contribution is 2.29. The van der Waals surface area contributed by atoms with Crippen LogP contribution in [0.25, 0.3) is 0 Å². The lowest BCUT2D eigenvalue weighted by atomic mass is 10.0. The van der Waals surface area contributed by atoms with Crippen LogP contribution in [0, 0.1) is 6.92 Å². The molecule has 1 aromatic heterocycles. The molecule has 0 spiro atoms. The molecule has 1 aliphatic rings. The highest BCUT2D eigenvalue weighted by atomic mass is 32.2. The maximum Gasteiger partial charge on any atom is 0.0860 e. The molecule has 0 radical (unpaired) electrons. The first-order valence-electron chi connectivity index (χ1n) is 5.79. The third-order valence-corrected chi connectivity index (χ3v) is 4.75. The van der Waals surface area contributed by atoms with Crippen molar-refractivity contribution in [3.8, 4) is 0 Å². The maximum absolute atomic E-state index is 5.89. The molecule has 1 aromatic rings. The molecule has 2 rings (SSSR count). The van der Waals surface area contributed by atoms with Gasteiger partial charge in [-0.05, 0) is 30.5 Å². The van der Waals surface area contributed by atoms with E-state index in [4.69, 9.17) is 4.74 Å². The van der Waals surface area contributed by atoms with Crippen molar-refractivity contribution in [3.05, 3.63) is 21.9 Å². The Morgan fingerprint density at radius 1 is 1.62 bits per heavy atom. The van der Waals surface area contributed by atoms with Crippen LogP contribution in [0.3, 0.4) is 0 Å². The lowest BCUT2D eigenvalue weighted by Gasteiger charge is -2.31. The molecule has 1 aliphatic heterocycles. The van der Waals surface area contributed by atoms with Crippen LogP contribution in [0.5, 0.6) is 0 Å². The van der Waals surface area contributed by atoms with Crippen molar-refractivity contribution in [2.75, 3.05) is 24.7 Å². The molecule has 2 heterocycles. The second-order valence-electron chi connectivity index (χ2n) is 3.95. The summed E-state index contributed by atoms with van der Waals surface area (Å²) >= 11 is 3.82. The molecular formula is C12H19NOS2. The zero-order valence-corrected chi connectivity index (χ0v) is 11.5. The minimum atomic E-state index is 0.326. The lowest BCUT2D eigenvalue weighted by molar-refractivity contribution is 0.0472. The molecule has 0 amide bonds. The number of thioether (sulfide) groups is 1. The Hall–Kier alpha value is -0.0300. The van der Waals surface area contributed by atoms with E-state index >= 15 is 0 Å². The third kappa shape index (κ3) is 2.80. The monoisotopic (exact) mass is 257 g/mol. The van der Waals surface area contributed by atoms with Gasteiger partial charge in [0.15, 0.2) is 0 Å². The van der Waals surface area contributed by atoms with Gasteiger partial charge in [0.2, 0.25) is 0 Å². The number of thiophene rings is 1. The number of likely N-dealkylation sites (N-methyl/N-ethyl adjacent to an activating group) is 1. The average molecular weight is 257 g/mol. The highest BCUT2D eigenvalue weighted by molar-refractivity contribution is 7.99. The molecule has 4 heteroatoms. The van der Waals surface area contributed by atoms with E-state index in [1.807, 2.05) is 23.1 Å². The lowest BCUT2D eigenvalue weighted by Crippen LogP contribution is -2.38. The summed E-state index contributed by atoms with van der Waals surface area (Å²) in [5.41, 5.74) is 1.42. The Morgan fingerprint density at radius 2 is 2.50 bits per heavy atom. The number of hydrogen-bond acceptors (Lipinski definition) is 4. The van der Waals surface area contributed by atoms with Gasteiger partial charge >= 0.3 is 0 Å². The van der Waals surface area contributed by atoms with Gasteiger partial charge in [-0.2, -0.15) is 11.8 Å². The highest BCUT2D eigenvalue weighted by Gasteiger charge is 2.26. The second kappa shape index (κ2) is 6.05. The van der Waals surface area contributed by atoms with Gasteiger partial charge in [-0.15, -0.1) is 11.3 Å². The number of hydrogen-bond donors (Lipinski definition) is 1. The summed E-state index contributed by atoms with van der Waals surface area (Å²) < 4.78 is 5.89. The van der Waals surface area contributed by atoms with Crippen LogP contribution in [0.1, 0.15) is 23.4 Å². The van der Waals surface area contributed by atoms with Crippen molar-refractivity contribution in [1.29, 1.82) is 0 Å². The number of rotatable bonds is 4. The minimum absolute atomic E-state index is 0.326. The largest absolute Gasteiger partial charge is 0.375 e. The Morgan fingerprint density at radius 3 is 3.06 bits per heavy atom. The molecule has 1 fully saturated rings. The second-order valence-corrected chi connectivity index (χ2v) is 6.22. The Bertz CT molecular complexity index is 321. The van der Waals surface area contributed by atoms with E-state index in [2.05, 4.69) is 30.6 Å². The molecule has 1 saturated heterocycles. The van der Waals surface area contributed by atoms with Crippen molar-refractivity contribution in [2.45, 2.75) is 26.0 Å². The van der Waals surface area contributed by atoms with E-state index in [0.29, 0.717) is 12.1 Å². The summed E-state index contributed by atoms with van der Waals surface area (Å²) in [5, 5.41) is 5.74. The molecule has 1 N–H and O–H groups in total. The predicted molar refractivity (Wildman–Crippen MR) is 72.5 cm³/mol. The minimum Gasteiger partial charge on any atom is -0.375 e. The zero-order chi connectivity index (χ0) is 11.4. The summed E-state index contributed by atoms with van der Waals surface area (Å²) in [7, 11) is 0. The topological polar surface area (TPSA) is 21.3 Å². The molecule has 16 heavy (non-hydrogen) atoms. The molecule has 2 nitrogen and oxygen atoms in total. The van der Waals surface area contributed by atoms with E-state index in [9.17, 15) is 0 Å². The van der Waals surface area contributed by atoms with Crippen LogP contribution in [0.15, 0.2) is 11.4 Å². The van der Waals surface area contributed by atoms with E-state index in [1.165, 1.54) is 10.4 Å². The average Bonchev–Trinajstić information content (AvgIpc) is 2.73. The van der Waals surface area contributed by atoms with Gasteiger partial charge in [0.1, 0.15) is 0 Å². The van der Waals surface area contributed by atoms with Crippen LogP contribution in [-0.2, 0) is 4.74 Å². The molecular weight excluding hydrogens is 238 g/mol. The first-order valence-corrected chi connectivity index (χ1v) is 7.83. The van der Waals surface area contributed by atoms with Crippen LogP contribution in [-0.4, -0.2) is 30.8 Å². The van der Waals surface area contributed by atoms with Crippen LogP contribution >= 0.6 is 23.1 Å². The Labute approximate surface area is 106 Å². The van der Waals surface area contributed by atoms with Crippen molar-refractivity contribution < 1.29 is 4.74 Å². The molecule has 90 valence electrons. The Kier molecular flexibility index (Phi) is 4.70. The van der Waals surface area contributed by atoms with Gasteiger partial charge in [-0.3, -0.25) is 0 Å². The molecule has 2 unspecified atom stereocenters. The quantitative estimate of drug-likeness (QED) is 0.896. The predicted octanol–water partition coefficient (Wildman–Crippen LogP) is 2.84. The van der Waals surface area contributed by atoms with Gasteiger partial charge < -0.3 is 10.1 Å². The zero-order valence-electron chi connectivity index (χ0n) is 9.86. The van der Waals surface area contributed by atoms with Crippen molar-refractivity contribution in [2.24, 2.45) is 0 Å². The fourth-order valence-electron chi connectivity index (χ4n) is 2.08. The van der Waals surface area contributed by atoms with Gasteiger partial charge in [-0.1, -0.05) is 6.92 Å². The van der Waals surface area contributed by atoms with Gasteiger partial charge in [-0.25, -0.2) is 0 Å². The first kappa shape index (κ1) is 12.4. The normalized spacial score (nSPS) is 23.2. The summed E-state index contributed by atoms with van der Waals surface area (Å²) in [4.78, 5) is 1.41. The maximum atomic E-state index is 5.89. The van der Waals surface area contributed by atoms with Crippen molar-refractivity contribution in [1.82, 2.24) is 5.32 Å². The molecule has 0 saturated carbocycles. The van der Waals surface area contributed by atoms with Gasteiger partial charge in [0.25, 0.3) is 0 Å². The van der Waals surface area contributed by atoms with Crippen LogP contribution < -0.4 is 5.32 Å². The Balaban J connectivity index is 2.12. The number of nitrogens with one attached hydrogen (secondary N) is 1. The van der Waals surface area contributed by atoms with Crippen LogP contribution in [0.4, 0.5) is 0 Å². The molecule has 2 atom stereocenters. The van der Waals surface area contributed by atoms with Crippen molar-refractivity contribution in [3.63, 3.8) is 0 Å². The summed E-state index contributed by atoms with van der Waals surface area (Å²) in [5.74, 6) is 2.24. The number of aryl methyl sites for hydroxylation is 1. The number of ether oxygens (including phenoxy) is 1. The van der Waals surface area contributed by atoms with Gasteiger partial charge in [0, 0.05) is 16.4 Å². The first-order chi connectivity index (χ1) is 7.83. The fourth-order valence-corrected chi connectivity index (χ4v) is 3.73. The third-order valence-electron chi connectivity index (χ3n) is 2.87. The van der Waals surface area contributed by atoms with Gasteiger partial charge in [0.05, 0.1) is 18.8 Å². The summed E-state index contributed by atoms with van der Waals surface area (Å²) in [6.07, 6.45) is 0.326. The standard InChI is InChI=1S/C12H19NOS2/c1-3-13-12(10-4-6-16-9(10)2)11-8-15-7-5-14-11/h4,6,11-13H,3,5,7-8H2,1-2H3. The molecule has 0 bridgehead atoms.